The molecule has 0 atom stereocenters. The van der Waals surface area contributed by atoms with Crippen LogP contribution in [0.4, 0.5) is 8.78 Å². The molecule has 8 heteroatoms. The molecule has 0 spiro atoms. The molecular weight excluding hydrogens is 786 g/mol. The molecule has 0 aliphatic rings. The number of hydrogen-bond donors (Lipinski definition) is 0. The fourth-order valence-electron chi connectivity index (χ4n) is 6.28. The van der Waals surface area contributed by atoms with Crippen molar-refractivity contribution in [3.63, 3.8) is 0 Å². The number of benzene rings is 4. The zero-order valence-corrected chi connectivity index (χ0v) is 29.6. The molecule has 0 amide bonds. The standard InChI is InChI=1S/C40H34F2N4O.Pt/c1-25-17-26(2)35(22-42)39(34(25)21-41)27-23-44-45(24-27)29-9-8-10-30(19-29)47-31-13-14-33-32-11-6-7-12-36(32)46(37(33)20-31)38-18-28(15-16-43-38)40(3,4)5;/h6-18,23-24H,21-22H2,1-5H3;/q-2;+2. The second-order valence-electron chi connectivity index (χ2n) is 12.9. The molecule has 5 nitrogen and oxygen atoms in total. The molecule has 7 rings (SSSR count). The van der Waals surface area contributed by atoms with Crippen molar-refractivity contribution in [2.24, 2.45) is 0 Å². The molecular formula is C40H34F2N4OPt. The van der Waals surface area contributed by atoms with Gasteiger partial charge in [0.15, 0.2) is 0 Å². The monoisotopic (exact) mass is 819 g/mol. The number of ether oxygens (including phenoxy) is 1. The third kappa shape index (κ3) is 5.96. The number of nitrogens with zero attached hydrogens (tertiary/aromatic N) is 4. The van der Waals surface area contributed by atoms with Gasteiger partial charge in [-0.1, -0.05) is 50.6 Å². The number of alkyl halides is 2. The summed E-state index contributed by atoms with van der Waals surface area (Å²) in [7, 11) is 0. The quantitative estimate of drug-likeness (QED) is 0.151. The van der Waals surface area contributed by atoms with Crippen LogP contribution in [-0.2, 0) is 39.8 Å². The minimum absolute atomic E-state index is 0. The van der Waals surface area contributed by atoms with E-state index in [2.05, 4.69) is 66.8 Å². The van der Waals surface area contributed by atoms with E-state index in [1.165, 1.54) is 5.56 Å². The number of hydrogen-bond acceptors (Lipinski definition) is 3. The van der Waals surface area contributed by atoms with Gasteiger partial charge in [0.2, 0.25) is 0 Å². The Morgan fingerprint density at radius 2 is 1.54 bits per heavy atom. The first-order valence-electron chi connectivity index (χ1n) is 15.6. The van der Waals surface area contributed by atoms with E-state index in [0.29, 0.717) is 39.4 Å². The smallest absolute Gasteiger partial charge is 0.509 e. The van der Waals surface area contributed by atoms with Gasteiger partial charge in [-0.15, -0.1) is 35.7 Å². The van der Waals surface area contributed by atoms with Crippen LogP contribution in [0.3, 0.4) is 0 Å². The number of fused-ring (bicyclic) bond motifs is 3. The fraction of sp³-hybridized carbons (Fsp3) is 0.200. The predicted molar refractivity (Wildman–Crippen MR) is 183 cm³/mol. The average molecular weight is 820 g/mol. The van der Waals surface area contributed by atoms with Crippen LogP contribution in [0.1, 0.15) is 48.6 Å². The number of halogens is 2. The van der Waals surface area contributed by atoms with Crippen LogP contribution in [0.25, 0.3) is 44.4 Å². The Kier molecular flexibility index (Phi) is 9.10. The average Bonchev–Trinajstić information content (AvgIpc) is 3.67. The Balaban J connectivity index is 0.00000401. The normalized spacial score (nSPS) is 11.6. The van der Waals surface area contributed by atoms with Gasteiger partial charge in [0.05, 0.1) is 6.20 Å². The molecule has 7 aromatic rings. The van der Waals surface area contributed by atoms with Crippen LogP contribution in [0, 0.1) is 26.0 Å². The van der Waals surface area contributed by atoms with E-state index in [4.69, 9.17) is 9.72 Å². The Labute approximate surface area is 293 Å². The van der Waals surface area contributed by atoms with Crippen molar-refractivity contribution in [3.8, 4) is 34.1 Å². The molecule has 0 radical (unpaired) electrons. The maximum Gasteiger partial charge on any atom is 2.00 e. The van der Waals surface area contributed by atoms with E-state index < -0.39 is 13.3 Å². The van der Waals surface area contributed by atoms with Gasteiger partial charge >= 0.3 is 21.1 Å². The molecule has 3 heterocycles. The summed E-state index contributed by atoms with van der Waals surface area (Å²) in [5, 5.41) is 6.67. The van der Waals surface area contributed by atoms with E-state index in [-0.39, 0.29) is 26.5 Å². The van der Waals surface area contributed by atoms with Crippen LogP contribution in [0.2, 0.25) is 0 Å². The van der Waals surface area contributed by atoms with Crippen LogP contribution in [0.15, 0.2) is 91.4 Å². The minimum atomic E-state index is -0.688. The third-order valence-corrected chi connectivity index (χ3v) is 8.74. The van der Waals surface area contributed by atoms with Gasteiger partial charge in [-0.3, -0.25) is 4.68 Å². The number of aromatic nitrogens is 4. The molecule has 4 aromatic carbocycles. The summed E-state index contributed by atoms with van der Waals surface area (Å²) in [6.45, 7) is 8.89. The van der Waals surface area contributed by atoms with E-state index in [1.54, 1.807) is 17.1 Å². The van der Waals surface area contributed by atoms with Crippen LogP contribution < -0.4 is 4.74 Å². The molecule has 0 aliphatic heterocycles. The molecule has 0 aliphatic carbocycles. The Bertz CT molecular complexity index is 2250. The number of rotatable bonds is 7. The first-order valence-corrected chi connectivity index (χ1v) is 15.6. The van der Waals surface area contributed by atoms with Gasteiger partial charge in [0.1, 0.15) is 19.2 Å². The zero-order chi connectivity index (χ0) is 32.9. The number of aryl methyl sites for hydroxylation is 2. The summed E-state index contributed by atoms with van der Waals surface area (Å²) >= 11 is 0. The summed E-state index contributed by atoms with van der Waals surface area (Å²) in [5.74, 6) is 1.82. The molecule has 244 valence electrons. The van der Waals surface area contributed by atoms with E-state index >= 15 is 0 Å². The molecule has 0 bridgehead atoms. The zero-order valence-electron chi connectivity index (χ0n) is 27.3. The van der Waals surface area contributed by atoms with Gasteiger partial charge in [0.25, 0.3) is 0 Å². The SMILES string of the molecule is Cc1cc(C)c(CF)c(-c2cnn(-c3[c-]c(Oc4[c-]c5c(cc4)c4ccccc4n5-c4cc(C(C)(C)C)ccn4)ccc3)c2)c1CF.[Pt+2]. The number of pyridine rings is 1. The molecule has 0 N–H and O–H groups in total. The van der Waals surface area contributed by atoms with Crippen molar-refractivity contribution in [2.75, 3.05) is 0 Å². The Morgan fingerprint density at radius 3 is 2.27 bits per heavy atom. The largest absolute Gasteiger partial charge is 2.00 e. The molecule has 0 saturated carbocycles. The van der Waals surface area contributed by atoms with Crippen molar-refractivity contribution in [1.82, 2.24) is 19.3 Å². The third-order valence-electron chi connectivity index (χ3n) is 8.74. The first-order chi connectivity index (χ1) is 22.7. The van der Waals surface area contributed by atoms with Crippen LogP contribution in [-0.4, -0.2) is 19.3 Å². The molecule has 3 aromatic heterocycles. The maximum atomic E-state index is 14.1. The second kappa shape index (κ2) is 13.1. The first kappa shape index (κ1) is 33.3. The van der Waals surface area contributed by atoms with Crippen molar-refractivity contribution >= 4 is 21.8 Å². The van der Waals surface area contributed by atoms with Crippen LogP contribution >= 0.6 is 0 Å². The molecule has 0 unspecified atom stereocenters. The predicted octanol–water partition coefficient (Wildman–Crippen LogP) is 10.3. The number of para-hydroxylation sites is 1. The summed E-state index contributed by atoms with van der Waals surface area (Å²) in [4.78, 5) is 4.75. The molecule has 0 saturated heterocycles. The van der Waals surface area contributed by atoms with E-state index in [1.807, 2.05) is 68.6 Å². The van der Waals surface area contributed by atoms with Gasteiger partial charge in [-0.25, -0.2) is 13.8 Å². The van der Waals surface area contributed by atoms with Crippen molar-refractivity contribution < 1.29 is 34.6 Å². The Hall–Kier alpha value is -4.61. The van der Waals surface area contributed by atoms with Crippen LogP contribution in [0.5, 0.6) is 11.5 Å². The molecule has 48 heavy (non-hydrogen) atoms. The fourth-order valence-corrected chi connectivity index (χ4v) is 6.28. The maximum absolute atomic E-state index is 14.1. The van der Waals surface area contributed by atoms with Gasteiger partial charge in [-0.05, 0) is 81.9 Å². The topological polar surface area (TPSA) is 44.9 Å². The second-order valence-corrected chi connectivity index (χ2v) is 12.9. The summed E-state index contributed by atoms with van der Waals surface area (Å²) < 4.78 is 38.4. The summed E-state index contributed by atoms with van der Waals surface area (Å²) in [6, 6.07) is 30.6. The summed E-state index contributed by atoms with van der Waals surface area (Å²) in [5.41, 5.74) is 7.42. The van der Waals surface area contributed by atoms with E-state index in [0.717, 1.165) is 38.8 Å². The van der Waals surface area contributed by atoms with Gasteiger partial charge < -0.3 is 9.30 Å². The van der Waals surface area contributed by atoms with Gasteiger partial charge in [0, 0.05) is 35.0 Å². The minimum Gasteiger partial charge on any atom is -0.509 e. The Morgan fingerprint density at radius 1 is 0.812 bits per heavy atom. The van der Waals surface area contributed by atoms with Crippen molar-refractivity contribution in [3.05, 3.63) is 131 Å². The summed E-state index contributed by atoms with van der Waals surface area (Å²) in [6.07, 6.45) is 5.27. The van der Waals surface area contributed by atoms with E-state index in [9.17, 15) is 8.78 Å². The van der Waals surface area contributed by atoms with Crippen molar-refractivity contribution in [2.45, 2.75) is 53.4 Å². The molecule has 0 fully saturated rings. The van der Waals surface area contributed by atoms with Crippen molar-refractivity contribution in [1.29, 1.82) is 0 Å². The van der Waals surface area contributed by atoms with Gasteiger partial charge in [-0.2, -0.15) is 17.2 Å².